The summed E-state index contributed by atoms with van der Waals surface area (Å²) in [5.41, 5.74) is -0.551. The van der Waals surface area contributed by atoms with Crippen molar-refractivity contribution in [2.45, 2.75) is 31.0 Å². The second-order valence-electron chi connectivity index (χ2n) is 8.93. The fraction of sp³-hybridized carbons (Fsp3) is 0.333. The molecule has 2 N–H and O–H groups in total. The molecule has 0 spiro atoms. The summed E-state index contributed by atoms with van der Waals surface area (Å²) in [6.07, 6.45) is -0.599. The zero-order chi connectivity index (χ0) is 24.4. The van der Waals surface area contributed by atoms with Gasteiger partial charge in [0.1, 0.15) is 16.9 Å². The van der Waals surface area contributed by atoms with Gasteiger partial charge in [-0.15, -0.1) is 0 Å². The van der Waals surface area contributed by atoms with E-state index in [1.807, 2.05) is 0 Å². The molecule has 1 aliphatic heterocycles. The van der Waals surface area contributed by atoms with Gasteiger partial charge in [-0.1, -0.05) is 6.07 Å². The van der Waals surface area contributed by atoms with Crippen molar-refractivity contribution >= 4 is 33.6 Å². The molecule has 2 aliphatic rings. The molecule has 180 valence electrons. The minimum atomic E-state index is -4.70. The Balaban J connectivity index is 1.47. The summed E-state index contributed by atoms with van der Waals surface area (Å²) in [6, 6.07) is 6.42. The Morgan fingerprint density at radius 2 is 1.97 bits per heavy atom. The van der Waals surface area contributed by atoms with Crippen LogP contribution in [0.25, 0.3) is 33.3 Å². The van der Waals surface area contributed by atoms with E-state index in [1.165, 1.54) is 6.07 Å². The van der Waals surface area contributed by atoms with E-state index in [9.17, 15) is 23.1 Å². The van der Waals surface area contributed by atoms with Gasteiger partial charge in [0.25, 0.3) is 0 Å². The number of nitrogens with zero attached hydrogens (tertiary/aromatic N) is 3. The molecule has 4 aromatic rings. The smallest absolute Gasteiger partial charge is 0.434 e. The molecule has 4 heterocycles. The van der Waals surface area contributed by atoms with Crippen LogP contribution in [0.3, 0.4) is 0 Å². The summed E-state index contributed by atoms with van der Waals surface area (Å²) in [6.45, 7) is 0.606. The lowest BCUT2D eigenvalue weighted by Gasteiger charge is -2.20. The van der Waals surface area contributed by atoms with Gasteiger partial charge in [0.15, 0.2) is 11.3 Å². The van der Waals surface area contributed by atoms with Crippen LogP contribution in [-0.2, 0) is 21.3 Å². The van der Waals surface area contributed by atoms with Crippen molar-refractivity contribution in [2.75, 3.05) is 18.5 Å². The number of anilines is 1. The first-order valence-electron chi connectivity index (χ1n) is 11.1. The van der Waals surface area contributed by atoms with E-state index in [0.29, 0.717) is 29.7 Å². The Morgan fingerprint density at radius 1 is 1.14 bits per heavy atom. The number of aromatic nitrogens is 3. The minimum Gasteiger partial charge on any atom is -0.436 e. The zero-order valence-electron chi connectivity index (χ0n) is 18.2. The SMILES string of the molecule is O=C(Nc1cc2c(-c3nc4cc([C@]5(O)CCOC5)ccc4o3)cnc(C(F)(F)F)c2cn1)C1CC1. The molecule has 8 nitrogen and oxygen atoms in total. The van der Waals surface area contributed by atoms with Gasteiger partial charge in [0.2, 0.25) is 11.8 Å². The van der Waals surface area contributed by atoms with Crippen molar-refractivity contribution in [3.05, 3.63) is 47.9 Å². The highest BCUT2D eigenvalue weighted by molar-refractivity contribution is 6.00. The molecule has 0 bridgehead atoms. The van der Waals surface area contributed by atoms with Gasteiger partial charge in [-0.25, -0.2) is 9.97 Å². The highest BCUT2D eigenvalue weighted by atomic mass is 19.4. The Kier molecular flexibility index (Phi) is 4.84. The number of hydrogen-bond donors (Lipinski definition) is 2. The first-order valence-corrected chi connectivity index (χ1v) is 11.1. The molecule has 1 aromatic carbocycles. The molecule has 0 unspecified atom stereocenters. The molecule has 1 atom stereocenters. The standard InChI is InChI=1S/C24H19F3N4O4/c25-24(26,27)20-15-9-28-19(31-21(32)12-1-2-12)8-14(15)16(10-29-20)22-30-17-7-13(3-4-18(17)35-22)23(33)5-6-34-11-23/h3-4,7-10,12,33H,1-2,5-6,11H2,(H,28,31,32)/t23-/m0/s1. The molecule has 11 heteroatoms. The van der Waals surface area contributed by atoms with Gasteiger partial charge in [-0.3, -0.25) is 9.78 Å². The van der Waals surface area contributed by atoms with E-state index in [4.69, 9.17) is 9.15 Å². The largest absolute Gasteiger partial charge is 0.436 e. The van der Waals surface area contributed by atoms with Crippen LogP contribution in [0.2, 0.25) is 0 Å². The normalized spacial score (nSPS) is 20.6. The van der Waals surface area contributed by atoms with Crippen molar-refractivity contribution in [3.63, 3.8) is 0 Å². The van der Waals surface area contributed by atoms with Gasteiger partial charge in [-0.2, -0.15) is 13.2 Å². The number of hydrogen-bond acceptors (Lipinski definition) is 7. The fourth-order valence-corrected chi connectivity index (χ4v) is 4.29. The maximum Gasteiger partial charge on any atom is 0.434 e. The first-order chi connectivity index (χ1) is 16.7. The third-order valence-corrected chi connectivity index (χ3v) is 6.40. The third kappa shape index (κ3) is 3.90. The minimum absolute atomic E-state index is 0.0590. The molecule has 0 radical (unpaired) electrons. The maximum atomic E-state index is 13.6. The molecule has 1 saturated carbocycles. The quantitative estimate of drug-likeness (QED) is 0.441. The molecular formula is C24H19F3N4O4. The van der Waals surface area contributed by atoms with Crippen LogP contribution in [0.4, 0.5) is 19.0 Å². The monoisotopic (exact) mass is 484 g/mol. The molecular weight excluding hydrogens is 465 g/mol. The summed E-state index contributed by atoms with van der Waals surface area (Å²) in [5.74, 6) is -0.117. The highest BCUT2D eigenvalue weighted by Gasteiger charge is 2.37. The van der Waals surface area contributed by atoms with Gasteiger partial charge in [0.05, 0.1) is 12.2 Å². The average Bonchev–Trinajstić information content (AvgIpc) is 3.44. The number of fused-ring (bicyclic) bond motifs is 2. The lowest BCUT2D eigenvalue weighted by molar-refractivity contribution is -0.139. The number of nitrogens with one attached hydrogen (secondary N) is 1. The summed E-state index contributed by atoms with van der Waals surface area (Å²) in [5, 5.41) is 13.4. The van der Waals surface area contributed by atoms with Gasteiger partial charge >= 0.3 is 6.18 Å². The van der Waals surface area contributed by atoms with Gasteiger partial charge < -0.3 is 19.6 Å². The molecule has 35 heavy (non-hydrogen) atoms. The highest BCUT2D eigenvalue weighted by Crippen LogP contribution is 2.39. The lowest BCUT2D eigenvalue weighted by Crippen LogP contribution is -2.25. The van der Waals surface area contributed by atoms with Crippen molar-refractivity contribution in [2.24, 2.45) is 5.92 Å². The number of carbonyl (C=O) groups excluding carboxylic acids is 1. The van der Waals surface area contributed by atoms with Crippen molar-refractivity contribution in [3.8, 4) is 11.5 Å². The van der Waals surface area contributed by atoms with Crippen LogP contribution < -0.4 is 5.32 Å². The van der Waals surface area contributed by atoms with Crippen molar-refractivity contribution in [1.29, 1.82) is 0 Å². The molecule has 3 aromatic heterocycles. The number of ether oxygens (including phenoxy) is 1. The maximum absolute atomic E-state index is 13.6. The zero-order valence-corrected chi connectivity index (χ0v) is 18.2. The predicted molar refractivity (Wildman–Crippen MR) is 118 cm³/mol. The number of amides is 1. The summed E-state index contributed by atoms with van der Waals surface area (Å²) in [4.78, 5) is 24.3. The fourth-order valence-electron chi connectivity index (χ4n) is 4.29. The second kappa shape index (κ2) is 7.72. The van der Waals surface area contributed by atoms with Crippen molar-refractivity contribution < 1.29 is 32.2 Å². The van der Waals surface area contributed by atoms with Gasteiger partial charge in [0, 0.05) is 42.1 Å². The molecule has 1 aliphatic carbocycles. The van der Waals surface area contributed by atoms with E-state index in [0.717, 1.165) is 25.2 Å². The number of carbonyl (C=O) groups is 1. The van der Waals surface area contributed by atoms with Crippen LogP contribution in [0.5, 0.6) is 0 Å². The molecule has 6 rings (SSSR count). The van der Waals surface area contributed by atoms with E-state index in [-0.39, 0.29) is 46.5 Å². The topological polar surface area (TPSA) is 110 Å². The van der Waals surface area contributed by atoms with Crippen LogP contribution in [-0.4, -0.2) is 39.2 Å². The predicted octanol–water partition coefficient (Wildman–Crippen LogP) is 4.41. The average molecular weight is 484 g/mol. The summed E-state index contributed by atoms with van der Waals surface area (Å²) >= 11 is 0. The number of rotatable bonds is 4. The third-order valence-electron chi connectivity index (χ3n) is 6.40. The number of aliphatic hydroxyl groups is 1. The Labute approximate surface area is 196 Å². The van der Waals surface area contributed by atoms with Gasteiger partial charge in [-0.05, 0) is 36.6 Å². The van der Waals surface area contributed by atoms with Crippen LogP contribution in [0.1, 0.15) is 30.5 Å². The van der Waals surface area contributed by atoms with E-state index in [2.05, 4.69) is 20.3 Å². The number of halogens is 3. The number of pyridine rings is 2. The summed E-state index contributed by atoms with van der Waals surface area (Å²) in [7, 11) is 0. The van der Waals surface area contributed by atoms with Crippen LogP contribution in [0.15, 0.2) is 41.1 Å². The van der Waals surface area contributed by atoms with E-state index < -0.39 is 17.5 Å². The molecule has 1 amide bonds. The molecule has 2 fully saturated rings. The van der Waals surface area contributed by atoms with Crippen LogP contribution >= 0.6 is 0 Å². The Hall–Kier alpha value is -3.57. The number of alkyl halides is 3. The summed E-state index contributed by atoms with van der Waals surface area (Å²) < 4.78 is 52.1. The van der Waals surface area contributed by atoms with E-state index in [1.54, 1.807) is 18.2 Å². The number of benzene rings is 1. The number of oxazole rings is 1. The second-order valence-corrected chi connectivity index (χ2v) is 8.93. The van der Waals surface area contributed by atoms with Crippen LogP contribution in [0, 0.1) is 5.92 Å². The Bertz CT molecular complexity index is 1470. The first kappa shape index (κ1) is 21.9. The molecule has 1 saturated heterocycles. The Morgan fingerprint density at radius 3 is 2.69 bits per heavy atom. The van der Waals surface area contributed by atoms with E-state index >= 15 is 0 Å². The lowest BCUT2D eigenvalue weighted by atomic mass is 9.93. The van der Waals surface area contributed by atoms with Crippen molar-refractivity contribution in [1.82, 2.24) is 15.0 Å².